The van der Waals surface area contributed by atoms with E-state index in [1.54, 1.807) is 6.92 Å². The molecule has 0 spiro atoms. The number of hydrogen-bond acceptors (Lipinski definition) is 1. The lowest BCUT2D eigenvalue weighted by molar-refractivity contribution is 0.468. The van der Waals surface area contributed by atoms with Gasteiger partial charge in [-0.2, -0.15) is 0 Å². The summed E-state index contributed by atoms with van der Waals surface area (Å²) in [5.74, 6) is -1.76. The lowest BCUT2D eigenvalue weighted by Crippen LogP contribution is -2.36. The van der Waals surface area contributed by atoms with Gasteiger partial charge in [-0.25, -0.2) is 8.78 Å². The highest BCUT2D eigenvalue weighted by Crippen LogP contribution is 2.31. The zero-order chi connectivity index (χ0) is 13.3. The molecule has 2 aromatic rings. The largest absolute Gasteiger partial charge is 0.318 e. The molecule has 2 rings (SSSR count). The Balaban J connectivity index is 2.62. The van der Waals surface area contributed by atoms with Gasteiger partial charge in [0, 0.05) is 5.56 Å². The zero-order valence-corrected chi connectivity index (χ0v) is 10.4. The van der Waals surface area contributed by atoms with Crippen molar-refractivity contribution in [1.82, 2.24) is 0 Å². The van der Waals surface area contributed by atoms with E-state index in [1.165, 1.54) is 12.1 Å². The number of hydrogen-bond donors (Lipinski definition) is 1. The van der Waals surface area contributed by atoms with Crippen LogP contribution in [0, 0.1) is 18.6 Å². The summed E-state index contributed by atoms with van der Waals surface area (Å²) in [6, 6.07) is 11.5. The van der Waals surface area contributed by atoms with E-state index in [0.29, 0.717) is 0 Å². The molecule has 0 fully saturated rings. The lowest BCUT2D eigenvalue weighted by Gasteiger charge is -2.28. The Kier molecular flexibility index (Phi) is 3.18. The smallest absolute Gasteiger partial charge is 0.164 e. The van der Waals surface area contributed by atoms with Crippen molar-refractivity contribution in [3.8, 4) is 0 Å². The minimum absolute atomic E-state index is 0.164. The van der Waals surface area contributed by atoms with Gasteiger partial charge in [0.1, 0.15) is 0 Å². The van der Waals surface area contributed by atoms with Gasteiger partial charge < -0.3 is 5.73 Å². The van der Waals surface area contributed by atoms with Crippen LogP contribution in [0.1, 0.15) is 23.6 Å². The predicted molar refractivity (Wildman–Crippen MR) is 68.2 cm³/mol. The number of nitrogens with two attached hydrogens (primary N) is 1. The lowest BCUT2D eigenvalue weighted by atomic mass is 9.83. The maximum Gasteiger partial charge on any atom is 0.164 e. The molecule has 0 aromatic heterocycles. The first-order chi connectivity index (χ1) is 8.44. The molecule has 0 aliphatic carbocycles. The number of rotatable bonds is 2. The van der Waals surface area contributed by atoms with Gasteiger partial charge in [-0.1, -0.05) is 36.4 Å². The molecule has 0 aliphatic heterocycles. The quantitative estimate of drug-likeness (QED) is 0.863. The van der Waals surface area contributed by atoms with Gasteiger partial charge in [0.2, 0.25) is 0 Å². The minimum atomic E-state index is -1.06. The molecule has 0 radical (unpaired) electrons. The summed E-state index contributed by atoms with van der Waals surface area (Å²) in [7, 11) is 0. The van der Waals surface area contributed by atoms with Crippen LogP contribution < -0.4 is 5.73 Å². The van der Waals surface area contributed by atoms with Gasteiger partial charge in [0.15, 0.2) is 11.6 Å². The molecule has 2 N–H and O–H groups in total. The second-order valence-electron chi connectivity index (χ2n) is 4.62. The summed E-state index contributed by atoms with van der Waals surface area (Å²) in [5, 5.41) is 0. The van der Waals surface area contributed by atoms with Crippen molar-refractivity contribution < 1.29 is 8.78 Å². The SMILES string of the molecule is Cc1ccccc1C(C)(N)c1cccc(F)c1F. The fourth-order valence-electron chi connectivity index (χ4n) is 2.21. The molecule has 0 aliphatic rings. The minimum Gasteiger partial charge on any atom is -0.318 e. The summed E-state index contributed by atoms with van der Waals surface area (Å²) in [6.45, 7) is 3.59. The molecular weight excluding hydrogens is 232 g/mol. The summed E-state index contributed by atoms with van der Waals surface area (Å²) < 4.78 is 27.2. The standard InChI is InChI=1S/C15H15F2N/c1-10-6-3-4-7-11(10)15(2,18)12-8-5-9-13(16)14(12)17/h3-9H,18H2,1-2H3. The van der Waals surface area contributed by atoms with Crippen LogP contribution >= 0.6 is 0 Å². The summed E-state index contributed by atoms with van der Waals surface area (Å²) in [6.07, 6.45) is 0. The topological polar surface area (TPSA) is 26.0 Å². The van der Waals surface area contributed by atoms with Crippen molar-refractivity contribution >= 4 is 0 Å². The third-order valence-electron chi connectivity index (χ3n) is 3.22. The van der Waals surface area contributed by atoms with E-state index < -0.39 is 17.2 Å². The summed E-state index contributed by atoms with van der Waals surface area (Å²) >= 11 is 0. The Labute approximate surface area is 105 Å². The molecule has 2 aromatic carbocycles. The van der Waals surface area contributed by atoms with Crippen LogP contribution in [0.4, 0.5) is 8.78 Å². The Hall–Kier alpha value is -1.74. The van der Waals surface area contributed by atoms with E-state index in [2.05, 4.69) is 0 Å². The van der Waals surface area contributed by atoms with Crippen LogP contribution in [0.3, 0.4) is 0 Å². The average Bonchev–Trinajstić information content (AvgIpc) is 2.32. The highest BCUT2D eigenvalue weighted by Gasteiger charge is 2.29. The van der Waals surface area contributed by atoms with Gasteiger partial charge in [-0.3, -0.25) is 0 Å². The monoisotopic (exact) mass is 247 g/mol. The third-order valence-corrected chi connectivity index (χ3v) is 3.22. The highest BCUT2D eigenvalue weighted by molar-refractivity contribution is 5.41. The van der Waals surface area contributed by atoms with Gasteiger partial charge in [0.25, 0.3) is 0 Å². The maximum absolute atomic E-state index is 13.9. The van der Waals surface area contributed by atoms with E-state index in [-0.39, 0.29) is 5.56 Å². The molecule has 1 unspecified atom stereocenters. The zero-order valence-electron chi connectivity index (χ0n) is 10.4. The molecule has 94 valence electrons. The second kappa shape index (κ2) is 4.50. The molecule has 0 bridgehead atoms. The van der Waals surface area contributed by atoms with E-state index >= 15 is 0 Å². The Morgan fingerprint density at radius 2 is 1.56 bits per heavy atom. The fraction of sp³-hybridized carbons (Fsp3) is 0.200. The Morgan fingerprint density at radius 3 is 2.22 bits per heavy atom. The van der Waals surface area contributed by atoms with Gasteiger partial charge in [-0.15, -0.1) is 0 Å². The van der Waals surface area contributed by atoms with Crippen LogP contribution in [0.15, 0.2) is 42.5 Å². The van der Waals surface area contributed by atoms with E-state index in [9.17, 15) is 8.78 Å². The normalized spacial score (nSPS) is 14.3. The molecule has 0 heterocycles. The van der Waals surface area contributed by atoms with Crippen molar-refractivity contribution in [2.45, 2.75) is 19.4 Å². The number of halogens is 2. The fourth-order valence-corrected chi connectivity index (χ4v) is 2.21. The second-order valence-corrected chi connectivity index (χ2v) is 4.62. The van der Waals surface area contributed by atoms with E-state index in [4.69, 9.17) is 5.73 Å². The summed E-state index contributed by atoms with van der Waals surface area (Å²) in [4.78, 5) is 0. The Morgan fingerprint density at radius 1 is 0.944 bits per heavy atom. The summed E-state index contributed by atoms with van der Waals surface area (Å²) in [5.41, 5.74) is 7.07. The highest BCUT2D eigenvalue weighted by atomic mass is 19.2. The van der Waals surface area contributed by atoms with Crippen LogP contribution in [0.2, 0.25) is 0 Å². The number of aryl methyl sites for hydroxylation is 1. The first kappa shape index (κ1) is 12.7. The van der Waals surface area contributed by atoms with Crippen LogP contribution in [-0.4, -0.2) is 0 Å². The van der Waals surface area contributed by atoms with Gasteiger partial charge >= 0.3 is 0 Å². The van der Waals surface area contributed by atoms with Crippen LogP contribution in [0.25, 0.3) is 0 Å². The third kappa shape index (κ3) is 2.02. The molecule has 1 nitrogen and oxygen atoms in total. The number of benzene rings is 2. The molecule has 1 atom stereocenters. The first-order valence-corrected chi connectivity index (χ1v) is 5.74. The molecule has 18 heavy (non-hydrogen) atoms. The van der Waals surface area contributed by atoms with Gasteiger partial charge in [0.05, 0.1) is 5.54 Å². The van der Waals surface area contributed by atoms with Gasteiger partial charge in [-0.05, 0) is 31.0 Å². The molecule has 0 amide bonds. The van der Waals surface area contributed by atoms with Crippen molar-refractivity contribution in [2.75, 3.05) is 0 Å². The molecular formula is C15H15F2N. The first-order valence-electron chi connectivity index (χ1n) is 5.74. The molecule has 3 heteroatoms. The molecule has 0 saturated carbocycles. The van der Waals surface area contributed by atoms with E-state index in [0.717, 1.165) is 17.2 Å². The molecule has 0 saturated heterocycles. The maximum atomic E-state index is 13.9. The van der Waals surface area contributed by atoms with E-state index in [1.807, 2.05) is 31.2 Å². The van der Waals surface area contributed by atoms with Crippen molar-refractivity contribution in [3.05, 3.63) is 70.8 Å². The van der Waals surface area contributed by atoms with Crippen molar-refractivity contribution in [3.63, 3.8) is 0 Å². The van der Waals surface area contributed by atoms with Crippen molar-refractivity contribution in [2.24, 2.45) is 5.73 Å². The van der Waals surface area contributed by atoms with Crippen LogP contribution in [-0.2, 0) is 5.54 Å². The average molecular weight is 247 g/mol. The van der Waals surface area contributed by atoms with Crippen molar-refractivity contribution in [1.29, 1.82) is 0 Å². The van der Waals surface area contributed by atoms with Crippen LogP contribution in [0.5, 0.6) is 0 Å². The predicted octanol–water partition coefficient (Wildman–Crippen LogP) is 3.50. The Bertz CT molecular complexity index is 576.